The van der Waals surface area contributed by atoms with Gasteiger partial charge in [0, 0.05) is 5.92 Å². The third kappa shape index (κ3) is 2.74. The third-order valence-corrected chi connectivity index (χ3v) is 2.86. The van der Waals surface area contributed by atoms with Crippen LogP contribution in [-0.2, 0) is 4.79 Å². The molecule has 0 aliphatic heterocycles. The largest absolute Gasteiger partial charge is 0.481 e. The summed E-state index contributed by atoms with van der Waals surface area (Å²) in [5, 5.41) is 8.97. The lowest BCUT2D eigenvalue weighted by Gasteiger charge is -2.16. The first-order valence-electron chi connectivity index (χ1n) is 5.69. The normalized spacial score (nSPS) is 12.1. The van der Waals surface area contributed by atoms with E-state index in [1.54, 1.807) is 18.2 Å². The second-order valence-electron chi connectivity index (χ2n) is 4.08. The molecule has 0 bridgehead atoms. The van der Waals surface area contributed by atoms with E-state index in [0.29, 0.717) is 5.56 Å². The Balaban J connectivity index is 2.44. The Hall–Kier alpha value is -2.16. The van der Waals surface area contributed by atoms with Crippen LogP contribution >= 0.6 is 0 Å². The molecule has 0 aromatic heterocycles. The average molecular weight is 244 g/mol. The van der Waals surface area contributed by atoms with E-state index >= 15 is 0 Å². The Kier molecular flexibility index (Phi) is 3.72. The second-order valence-corrected chi connectivity index (χ2v) is 4.08. The zero-order chi connectivity index (χ0) is 13.0. The number of carboxylic acid groups (broad SMARTS) is 1. The van der Waals surface area contributed by atoms with Crippen molar-refractivity contribution in [1.29, 1.82) is 0 Å². The molecule has 0 amide bonds. The summed E-state index contributed by atoms with van der Waals surface area (Å²) < 4.78 is 13.8. The van der Waals surface area contributed by atoms with Gasteiger partial charge in [-0.05, 0) is 17.2 Å². The number of hydrogen-bond donors (Lipinski definition) is 1. The van der Waals surface area contributed by atoms with Gasteiger partial charge in [0.25, 0.3) is 0 Å². The predicted molar refractivity (Wildman–Crippen MR) is 66.9 cm³/mol. The molecular weight excluding hydrogens is 231 g/mol. The first kappa shape index (κ1) is 12.3. The molecule has 0 aliphatic carbocycles. The van der Waals surface area contributed by atoms with Gasteiger partial charge >= 0.3 is 5.97 Å². The highest BCUT2D eigenvalue weighted by atomic mass is 19.1. The molecule has 2 aromatic rings. The summed E-state index contributed by atoms with van der Waals surface area (Å²) in [5.41, 5.74) is 1.23. The van der Waals surface area contributed by atoms with Crippen LogP contribution in [-0.4, -0.2) is 11.1 Å². The first-order chi connectivity index (χ1) is 8.68. The van der Waals surface area contributed by atoms with Crippen LogP contribution in [0.2, 0.25) is 0 Å². The highest BCUT2D eigenvalue weighted by Gasteiger charge is 2.20. The first-order valence-corrected chi connectivity index (χ1v) is 5.69. The Morgan fingerprint density at radius 2 is 1.67 bits per heavy atom. The Labute approximate surface area is 105 Å². The molecule has 1 atom stereocenters. The quantitative estimate of drug-likeness (QED) is 0.894. The van der Waals surface area contributed by atoms with Gasteiger partial charge in [0.05, 0.1) is 6.42 Å². The molecule has 1 N–H and O–H groups in total. The van der Waals surface area contributed by atoms with Crippen LogP contribution in [0, 0.1) is 5.82 Å². The van der Waals surface area contributed by atoms with Gasteiger partial charge in [-0.2, -0.15) is 0 Å². The monoisotopic (exact) mass is 244 g/mol. The molecule has 0 saturated heterocycles. The van der Waals surface area contributed by atoms with Crippen molar-refractivity contribution in [3.05, 3.63) is 71.5 Å². The molecule has 0 fully saturated rings. The van der Waals surface area contributed by atoms with Crippen molar-refractivity contribution in [1.82, 2.24) is 0 Å². The number of halogens is 1. The van der Waals surface area contributed by atoms with Gasteiger partial charge < -0.3 is 5.11 Å². The zero-order valence-corrected chi connectivity index (χ0v) is 9.71. The van der Waals surface area contributed by atoms with Crippen LogP contribution < -0.4 is 0 Å². The van der Waals surface area contributed by atoms with E-state index < -0.39 is 11.9 Å². The van der Waals surface area contributed by atoms with Crippen molar-refractivity contribution in [2.75, 3.05) is 0 Å². The van der Waals surface area contributed by atoms with Crippen molar-refractivity contribution >= 4 is 5.97 Å². The van der Waals surface area contributed by atoms with E-state index in [1.807, 2.05) is 30.3 Å². The maximum absolute atomic E-state index is 13.8. The van der Waals surface area contributed by atoms with E-state index in [4.69, 9.17) is 5.11 Å². The van der Waals surface area contributed by atoms with Crippen molar-refractivity contribution in [2.24, 2.45) is 0 Å². The van der Waals surface area contributed by atoms with Gasteiger partial charge in [-0.1, -0.05) is 48.5 Å². The maximum atomic E-state index is 13.8. The predicted octanol–water partition coefficient (Wildman–Crippen LogP) is 3.43. The molecule has 2 nitrogen and oxygen atoms in total. The average Bonchev–Trinajstić information content (AvgIpc) is 2.38. The molecule has 0 spiro atoms. The maximum Gasteiger partial charge on any atom is 0.304 e. The minimum absolute atomic E-state index is 0.120. The molecular formula is C15H13FO2. The summed E-state index contributed by atoms with van der Waals surface area (Å²) in [7, 11) is 0. The third-order valence-electron chi connectivity index (χ3n) is 2.86. The minimum Gasteiger partial charge on any atom is -0.481 e. The summed E-state index contributed by atoms with van der Waals surface area (Å²) in [6.45, 7) is 0. The molecule has 0 aliphatic rings. The number of rotatable bonds is 4. The number of benzene rings is 2. The number of carboxylic acids is 1. The molecule has 0 radical (unpaired) electrons. The summed E-state index contributed by atoms with van der Waals surface area (Å²) in [6, 6.07) is 15.4. The van der Waals surface area contributed by atoms with Gasteiger partial charge in [-0.15, -0.1) is 0 Å². The van der Waals surface area contributed by atoms with E-state index in [1.165, 1.54) is 6.07 Å². The van der Waals surface area contributed by atoms with Crippen molar-refractivity contribution < 1.29 is 14.3 Å². The van der Waals surface area contributed by atoms with E-state index in [-0.39, 0.29) is 12.2 Å². The fourth-order valence-electron chi connectivity index (χ4n) is 2.03. The number of carbonyl (C=O) groups is 1. The van der Waals surface area contributed by atoms with E-state index in [2.05, 4.69) is 0 Å². The highest BCUT2D eigenvalue weighted by molar-refractivity contribution is 5.69. The summed E-state index contributed by atoms with van der Waals surface area (Å²) in [5.74, 6) is -1.76. The van der Waals surface area contributed by atoms with Crippen molar-refractivity contribution in [3.8, 4) is 0 Å². The standard InChI is InChI=1S/C15H13FO2/c16-14-9-5-4-8-12(14)13(10-15(17)18)11-6-2-1-3-7-11/h1-9,13H,10H2,(H,17,18). The van der Waals surface area contributed by atoms with Gasteiger partial charge in [0.1, 0.15) is 5.82 Å². The summed E-state index contributed by atoms with van der Waals surface area (Å²) in [4.78, 5) is 10.9. The molecule has 1 unspecified atom stereocenters. The van der Waals surface area contributed by atoms with Crippen LogP contribution in [0.4, 0.5) is 4.39 Å². The number of aliphatic carboxylic acids is 1. The Bertz CT molecular complexity index is 537. The van der Waals surface area contributed by atoms with Gasteiger partial charge in [0.15, 0.2) is 0 Å². The molecule has 2 rings (SSSR count). The van der Waals surface area contributed by atoms with Crippen LogP contribution in [0.15, 0.2) is 54.6 Å². The lowest BCUT2D eigenvalue weighted by Crippen LogP contribution is -2.09. The van der Waals surface area contributed by atoms with Gasteiger partial charge in [-0.3, -0.25) is 4.79 Å². The van der Waals surface area contributed by atoms with Gasteiger partial charge in [-0.25, -0.2) is 4.39 Å². The van der Waals surface area contributed by atoms with E-state index in [0.717, 1.165) is 5.56 Å². The van der Waals surface area contributed by atoms with Crippen molar-refractivity contribution in [3.63, 3.8) is 0 Å². The van der Waals surface area contributed by atoms with E-state index in [9.17, 15) is 9.18 Å². The SMILES string of the molecule is O=C(O)CC(c1ccccc1)c1ccccc1F. The fraction of sp³-hybridized carbons (Fsp3) is 0.133. The molecule has 92 valence electrons. The summed E-state index contributed by atoms with van der Waals surface area (Å²) >= 11 is 0. The van der Waals surface area contributed by atoms with Crippen LogP contribution in [0.25, 0.3) is 0 Å². The lowest BCUT2D eigenvalue weighted by atomic mass is 9.88. The topological polar surface area (TPSA) is 37.3 Å². The second kappa shape index (κ2) is 5.45. The van der Waals surface area contributed by atoms with Crippen LogP contribution in [0.5, 0.6) is 0 Å². The zero-order valence-electron chi connectivity index (χ0n) is 9.71. The Morgan fingerprint density at radius 1 is 1.06 bits per heavy atom. The molecule has 2 aromatic carbocycles. The van der Waals surface area contributed by atoms with Crippen LogP contribution in [0.3, 0.4) is 0 Å². The number of hydrogen-bond acceptors (Lipinski definition) is 1. The highest BCUT2D eigenvalue weighted by Crippen LogP contribution is 2.29. The molecule has 0 saturated carbocycles. The smallest absolute Gasteiger partial charge is 0.304 e. The lowest BCUT2D eigenvalue weighted by molar-refractivity contribution is -0.137. The molecule has 18 heavy (non-hydrogen) atoms. The van der Waals surface area contributed by atoms with Gasteiger partial charge in [0.2, 0.25) is 0 Å². The minimum atomic E-state index is -0.938. The van der Waals surface area contributed by atoms with Crippen molar-refractivity contribution in [2.45, 2.75) is 12.3 Å². The molecule has 3 heteroatoms. The fourth-order valence-corrected chi connectivity index (χ4v) is 2.03. The van der Waals surface area contributed by atoms with Crippen LogP contribution in [0.1, 0.15) is 23.5 Å². The molecule has 0 heterocycles. The summed E-state index contributed by atoms with van der Waals surface area (Å²) in [6.07, 6.45) is -0.120. The Morgan fingerprint density at radius 3 is 2.28 bits per heavy atom.